The lowest BCUT2D eigenvalue weighted by Crippen LogP contribution is -2.28. The van der Waals surface area contributed by atoms with Crippen LogP contribution in [0.1, 0.15) is 27.2 Å². The van der Waals surface area contributed by atoms with Crippen LogP contribution in [0.25, 0.3) is 0 Å². The van der Waals surface area contributed by atoms with Gasteiger partial charge in [-0.15, -0.1) is 0 Å². The third-order valence-corrected chi connectivity index (χ3v) is 2.04. The normalized spacial score (nSPS) is 13.4. The summed E-state index contributed by atoms with van der Waals surface area (Å²) in [7, 11) is 4.05. The second kappa shape index (κ2) is 5.15. The van der Waals surface area contributed by atoms with Gasteiger partial charge >= 0.3 is 5.97 Å². The minimum Gasteiger partial charge on any atom is -0.478 e. The fourth-order valence-corrected chi connectivity index (χ4v) is 1.44. The Morgan fingerprint density at radius 1 is 1.43 bits per heavy atom. The maximum Gasteiger partial charge on any atom is 0.330 e. The number of carbonyl (C=O) groups is 1. The van der Waals surface area contributed by atoms with Gasteiger partial charge in [0.25, 0.3) is 0 Å². The number of carboxylic acids is 1. The quantitative estimate of drug-likeness (QED) is 0.688. The summed E-state index contributed by atoms with van der Waals surface area (Å²) >= 11 is 0. The Kier molecular flexibility index (Phi) is 4.85. The molecule has 0 amide bonds. The lowest BCUT2D eigenvalue weighted by molar-refractivity contribution is -0.132. The zero-order valence-corrected chi connectivity index (χ0v) is 9.79. The first-order valence-corrected chi connectivity index (χ1v) is 4.79. The van der Waals surface area contributed by atoms with E-state index in [0.29, 0.717) is 5.57 Å². The van der Waals surface area contributed by atoms with E-state index in [-0.39, 0.29) is 5.41 Å². The first kappa shape index (κ1) is 13.2. The minimum absolute atomic E-state index is 0.125. The van der Waals surface area contributed by atoms with Gasteiger partial charge < -0.3 is 10.0 Å². The van der Waals surface area contributed by atoms with Crippen LogP contribution < -0.4 is 0 Å². The molecular formula is C11H21NO2. The van der Waals surface area contributed by atoms with Crippen molar-refractivity contribution in [2.45, 2.75) is 27.2 Å². The fraction of sp³-hybridized carbons (Fsp3) is 0.727. The van der Waals surface area contributed by atoms with Gasteiger partial charge in [-0.2, -0.15) is 0 Å². The standard InChI is InChI=1S/C11H21NO2/c1-9(10(13)14)6-7-11(2,3)8-12(4)5/h6H,7-8H2,1-5H3,(H,13,14)/b9-6+. The molecule has 0 saturated carbocycles. The molecule has 0 aliphatic rings. The van der Waals surface area contributed by atoms with E-state index in [1.807, 2.05) is 14.1 Å². The highest BCUT2D eigenvalue weighted by Crippen LogP contribution is 2.22. The summed E-state index contributed by atoms with van der Waals surface area (Å²) in [6.07, 6.45) is 2.59. The molecule has 0 fully saturated rings. The number of hydrogen-bond acceptors (Lipinski definition) is 2. The summed E-state index contributed by atoms with van der Waals surface area (Å²) in [5, 5.41) is 8.68. The van der Waals surface area contributed by atoms with Crippen LogP contribution in [-0.2, 0) is 4.79 Å². The summed E-state index contributed by atoms with van der Waals surface area (Å²) < 4.78 is 0. The van der Waals surface area contributed by atoms with E-state index in [1.54, 1.807) is 13.0 Å². The van der Waals surface area contributed by atoms with Crippen molar-refractivity contribution in [1.82, 2.24) is 4.90 Å². The van der Waals surface area contributed by atoms with Gasteiger partial charge in [-0.3, -0.25) is 0 Å². The zero-order valence-electron chi connectivity index (χ0n) is 9.79. The molecule has 0 aliphatic carbocycles. The maximum absolute atomic E-state index is 10.6. The highest BCUT2D eigenvalue weighted by Gasteiger charge is 2.17. The Bertz CT molecular complexity index is 229. The van der Waals surface area contributed by atoms with Crippen LogP contribution in [0.15, 0.2) is 11.6 Å². The van der Waals surface area contributed by atoms with Crippen molar-refractivity contribution in [3.63, 3.8) is 0 Å². The summed E-state index contributed by atoms with van der Waals surface area (Å²) in [5.41, 5.74) is 0.553. The van der Waals surface area contributed by atoms with Crippen molar-refractivity contribution in [1.29, 1.82) is 0 Å². The lowest BCUT2D eigenvalue weighted by Gasteiger charge is -2.27. The predicted octanol–water partition coefficient (Wildman–Crippen LogP) is 2.00. The number of aliphatic carboxylic acids is 1. The molecule has 3 heteroatoms. The maximum atomic E-state index is 10.6. The first-order chi connectivity index (χ1) is 6.24. The van der Waals surface area contributed by atoms with Crippen molar-refractivity contribution in [2.24, 2.45) is 5.41 Å². The molecule has 82 valence electrons. The lowest BCUT2D eigenvalue weighted by atomic mass is 9.88. The van der Waals surface area contributed by atoms with Crippen LogP contribution in [0.2, 0.25) is 0 Å². The Morgan fingerprint density at radius 3 is 2.29 bits per heavy atom. The van der Waals surface area contributed by atoms with Crippen LogP contribution >= 0.6 is 0 Å². The van der Waals surface area contributed by atoms with Gasteiger partial charge in [0, 0.05) is 12.1 Å². The van der Waals surface area contributed by atoms with Gasteiger partial charge in [0.15, 0.2) is 0 Å². The molecule has 0 aromatic carbocycles. The molecule has 0 radical (unpaired) electrons. The van der Waals surface area contributed by atoms with Gasteiger partial charge in [-0.05, 0) is 32.9 Å². The Labute approximate surface area is 86.4 Å². The summed E-state index contributed by atoms with van der Waals surface area (Å²) in [6.45, 7) is 6.86. The molecule has 0 atom stereocenters. The third-order valence-electron chi connectivity index (χ3n) is 2.04. The molecule has 0 bridgehead atoms. The number of rotatable bonds is 5. The van der Waals surface area contributed by atoms with Crippen molar-refractivity contribution in [3.8, 4) is 0 Å². The topological polar surface area (TPSA) is 40.5 Å². The molecular weight excluding hydrogens is 178 g/mol. The van der Waals surface area contributed by atoms with E-state index in [9.17, 15) is 4.79 Å². The fourth-order valence-electron chi connectivity index (χ4n) is 1.44. The van der Waals surface area contributed by atoms with Gasteiger partial charge in [0.1, 0.15) is 0 Å². The van der Waals surface area contributed by atoms with Crippen LogP contribution in [0.3, 0.4) is 0 Å². The molecule has 0 unspecified atom stereocenters. The molecule has 3 nitrogen and oxygen atoms in total. The van der Waals surface area contributed by atoms with Crippen molar-refractivity contribution < 1.29 is 9.90 Å². The van der Waals surface area contributed by atoms with E-state index >= 15 is 0 Å². The Balaban J connectivity index is 4.23. The second-order valence-corrected chi connectivity index (χ2v) is 4.80. The van der Waals surface area contributed by atoms with Crippen LogP contribution in [0, 0.1) is 5.41 Å². The average molecular weight is 199 g/mol. The molecule has 0 aliphatic heterocycles. The van der Waals surface area contributed by atoms with Crippen LogP contribution in [0.4, 0.5) is 0 Å². The Morgan fingerprint density at radius 2 is 1.93 bits per heavy atom. The van der Waals surface area contributed by atoms with Crippen LogP contribution in [-0.4, -0.2) is 36.6 Å². The van der Waals surface area contributed by atoms with Gasteiger partial charge in [-0.1, -0.05) is 19.9 Å². The molecule has 0 aromatic heterocycles. The van der Waals surface area contributed by atoms with E-state index in [0.717, 1.165) is 13.0 Å². The predicted molar refractivity (Wildman–Crippen MR) is 58.3 cm³/mol. The minimum atomic E-state index is -0.828. The Hall–Kier alpha value is -0.830. The molecule has 0 saturated heterocycles. The first-order valence-electron chi connectivity index (χ1n) is 4.79. The zero-order chi connectivity index (χ0) is 11.4. The highest BCUT2D eigenvalue weighted by atomic mass is 16.4. The van der Waals surface area contributed by atoms with Crippen molar-refractivity contribution >= 4 is 5.97 Å². The van der Waals surface area contributed by atoms with E-state index in [4.69, 9.17) is 5.11 Å². The molecule has 14 heavy (non-hydrogen) atoms. The van der Waals surface area contributed by atoms with E-state index in [2.05, 4.69) is 18.7 Å². The summed E-state index contributed by atoms with van der Waals surface area (Å²) in [5.74, 6) is -0.828. The smallest absolute Gasteiger partial charge is 0.330 e. The number of carboxylic acid groups (broad SMARTS) is 1. The third kappa shape index (κ3) is 5.75. The molecule has 0 rings (SSSR count). The number of allylic oxidation sites excluding steroid dienone is 1. The number of hydrogen-bond donors (Lipinski definition) is 1. The molecule has 0 aromatic rings. The largest absolute Gasteiger partial charge is 0.478 e. The van der Waals surface area contributed by atoms with E-state index < -0.39 is 5.97 Å². The van der Waals surface area contributed by atoms with Crippen LogP contribution in [0.5, 0.6) is 0 Å². The SMILES string of the molecule is C/C(=C\CC(C)(C)CN(C)C)C(=O)O. The molecule has 0 spiro atoms. The van der Waals surface area contributed by atoms with Gasteiger partial charge in [0.2, 0.25) is 0 Å². The highest BCUT2D eigenvalue weighted by molar-refractivity contribution is 5.85. The second-order valence-electron chi connectivity index (χ2n) is 4.80. The summed E-state index contributed by atoms with van der Waals surface area (Å²) in [6, 6.07) is 0. The van der Waals surface area contributed by atoms with Crippen molar-refractivity contribution in [3.05, 3.63) is 11.6 Å². The van der Waals surface area contributed by atoms with Gasteiger partial charge in [-0.25, -0.2) is 4.79 Å². The van der Waals surface area contributed by atoms with Crippen molar-refractivity contribution in [2.75, 3.05) is 20.6 Å². The molecule has 0 heterocycles. The average Bonchev–Trinajstić information content (AvgIpc) is 1.97. The summed E-state index contributed by atoms with van der Waals surface area (Å²) in [4.78, 5) is 12.7. The molecule has 1 N–H and O–H groups in total. The van der Waals surface area contributed by atoms with Gasteiger partial charge in [0.05, 0.1) is 0 Å². The number of nitrogens with zero attached hydrogens (tertiary/aromatic N) is 1. The van der Waals surface area contributed by atoms with E-state index in [1.165, 1.54) is 0 Å². The monoisotopic (exact) mass is 199 g/mol.